The second kappa shape index (κ2) is 3.67. The summed E-state index contributed by atoms with van der Waals surface area (Å²) in [6.45, 7) is 0. The minimum absolute atomic E-state index is 0.0479. The first-order chi connectivity index (χ1) is 7.76. The zero-order valence-electron chi connectivity index (χ0n) is 7.99. The van der Waals surface area contributed by atoms with Gasteiger partial charge in [0, 0.05) is 0 Å². The topological polar surface area (TPSA) is 117 Å². The van der Waals surface area contributed by atoms with Crippen LogP contribution in [0.5, 0.6) is 0 Å². The fourth-order valence-corrected chi connectivity index (χ4v) is 1.20. The van der Waals surface area contributed by atoms with Crippen LogP contribution in [0.4, 0.5) is 5.82 Å². The molecule has 2 heterocycles. The van der Waals surface area contributed by atoms with Crippen LogP contribution in [0.1, 0.15) is 11.4 Å². The molecule has 2 aromatic heterocycles. The van der Waals surface area contributed by atoms with Crippen molar-refractivity contribution in [2.75, 3.05) is 5.73 Å². The second-order valence-corrected chi connectivity index (χ2v) is 2.84. The highest BCUT2D eigenvalue weighted by molar-refractivity contribution is 5.42. The molecular weight excluding hydrogens is 206 g/mol. The molecule has 0 bridgehead atoms. The summed E-state index contributed by atoms with van der Waals surface area (Å²) in [6.07, 6.45) is 4.15. The monoisotopic (exact) mass is 211 g/mol. The van der Waals surface area contributed by atoms with E-state index in [1.165, 1.54) is 23.3 Å². The van der Waals surface area contributed by atoms with Gasteiger partial charge in [0.2, 0.25) is 0 Å². The highest BCUT2D eigenvalue weighted by Gasteiger charge is 2.12. The molecule has 0 atom stereocenters. The molecule has 0 aliphatic rings. The smallest absolute Gasteiger partial charge is 0.177 e. The number of rotatable bonds is 1. The van der Waals surface area contributed by atoms with Crippen LogP contribution >= 0.6 is 0 Å². The van der Waals surface area contributed by atoms with Crippen molar-refractivity contribution in [1.82, 2.24) is 19.5 Å². The molecule has 0 saturated carbocycles. The first-order valence-electron chi connectivity index (χ1n) is 4.21. The number of anilines is 1. The highest BCUT2D eigenvalue weighted by atomic mass is 15.1. The Bertz CT molecular complexity index is 614. The normalized spacial score (nSPS) is 9.38. The quantitative estimate of drug-likeness (QED) is 0.708. The van der Waals surface area contributed by atoms with Crippen molar-refractivity contribution < 1.29 is 0 Å². The summed E-state index contributed by atoms with van der Waals surface area (Å²) in [4.78, 5) is 11.6. The number of aromatic nitrogens is 4. The van der Waals surface area contributed by atoms with E-state index in [1.54, 1.807) is 0 Å². The molecule has 0 spiro atoms. The molecule has 0 radical (unpaired) electrons. The molecular formula is C9H5N7. The van der Waals surface area contributed by atoms with Crippen molar-refractivity contribution in [2.45, 2.75) is 0 Å². The van der Waals surface area contributed by atoms with Crippen molar-refractivity contribution in [1.29, 1.82) is 10.5 Å². The summed E-state index contributed by atoms with van der Waals surface area (Å²) >= 11 is 0. The third kappa shape index (κ3) is 1.42. The summed E-state index contributed by atoms with van der Waals surface area (Å²) in [5.41, 5.74) is 5.63. The van der Waals surface area contributed by atoms with Crippen molar-refractivity contribution in [2.24, 2.45) is 0 Å². The fraction of sp³-hybridized carbons (Fsp3) is 0. The Morgan fingerprint density at radius 3 is 2.69 bits per heavy atom. The van der Waals surface area contributed by atoms with Crippen molar-refractivity contribution in [3.05, 3.63) is 30.1 Å². The number of hydrogen-bond acceptors (Lipinski definition) is 6. The molecule has 7 heteroatoms. The van der Waals surface area contributed by atoms with E-state index in [4.69, 9.17) is 16.3 Å². The maximum absolute atomic E-state index is 8.91. The summed E-state index contributed by atoms with van der Waals surface area (Å²) in [7, 11) is 0. The van der Waals surface area contributed by atoms with E-state index in [2.05, 4.69) is 15.0 Å². The Hall–Kier alpha value is -2.93. The standard InChI is InChI=1S/C9H5N7/c10-1-6-7(2-11)16(5-14-6)9-4-13-3-8(12)15-9/h3-5H,(H2,12,15). The van der Waals surface area contributed by atoms with Crippen molar-refractivity contribution in [3.8, 4) is 18.0 Å². The first kappa shape index (κ1) is 9.62. The molecule has 2 N–H and O–H groups in total. The minimum atomic E-state index is 0.0479. The SMILES string of the molecule is N#Cc1ncn(-c2cncc(N)n2)c1C#N. The van der Waals surface area contributed by atoms with Crippen LogP contribution in [0, 0.1) is 22.7 Å². The van der Waals surface area contributed by atoms with E-state index < -0.39 is 0 Å². The molecule has 0 aliphatic heterocycles. The van der Waals surface area contributed by atoms with E-state index in [-0.39, 0.29) is 17.2 Å². The van der Waals surface area contributed by atoms with Gasteiger partial charge in [0.1, 0.15) is 24.3 Å². The molecule has 76 valence electrons. The molecule has 16 heavy (non-hydrogen) atoms. The van der Waals surface area contributed by atoms with Gasteiger partial charge >= 0.3 is 0 Å². The lowest BCUT2D eigenvalue weighted by molar-refractivity contribution is 0.960. The molecule has 0 unspecified atom stereocenters. The van der Waals surface area contributed by atoms with Gasteiger partial charge < -0.3 is 5.73 Å². The lowest BCUT2D eigenvalue weighted by Crippen LogP contribution is -2.02. The maximum atomic E-state index is 8.91. The molecule has 7 nitrogen and oxygen atoms in total. The first-order valence-corrected chi connectivity index (χ1v) is 4.21. The predicted molar refractivity (Wildman–Crippen MR) is 53.0 cm³/mol. The van der Waals surface area contributed by atoms with E-state index in [0.29, 0.717) is 5.82 Å². The van der Waals surface area contributed by atoms with Gasteiger partial charge in [-0.1, -0.05) is 0 Å². The fourth-order valence-electron chi connectivity index (χ4n) is 1.20. The zero-order valence-corrected chi connectivity index (χ0v) is 7.99. The number of imidazole rings is 1. The summed E-state index contributed by atoms with van der Waals surface area (Å²) in [5, 5.41) is 17.6. The molecule has 0 saturated heterocycles. The number of nitrogens with two attached hydrogens (primary N) is 1. The Kier molecular flexibility index (Phi) is 2.21. The largest absolute Gasteiger partial charge is 0.382 e. The number of nitrogen functional groups attached to an aromatic ring is 1. The van der Waals surface area contributed by atoms with Gasteiger partial charge in [0.05, 0.1) is 12.4 Å². The van der Waals surface area contributed by atoms with Gasteiger partial charge in [-0.15, -0.1) is 0 Å². The zero-order chi connectivity index (χ0) is 11.5. The lowest BCUT2D eigenvalue weighted by Gasteiger charge is -2.01. The van der Waals surface area contributed by atoms with Gasteiger partial charge in [0.15, 0.2) is 17.2 Å². The third-order valence-electron chi connectivity index (χ3n) is 1.87. The maximum Gasteiger partial charge on any atom is 0.177 e. The Labute approximate surface area is 90.4 Å². The summed E-state index contributed by atoms with van der Waals surface area (Å²) in [5.74, 6) is 0.583. The van der Waals surface area contributed by atoms with Crippen LogP contribution < -0.4 is 5.73 Å². The molecule has 2 aromatic rings. The van der Waals surface area contributed by atoms with Crippen LogP contribution in [-0.2, 0) is 0 Å². The van der Waals surface area contributed by atoms with Crippen LogP contribution in [0.3, 0.4) is 0 Å². The van der Waals surface area contributed by atoms with Crippen molar-refractivity contribution in [3.63, 3.8) is 0 Å². The minimum Gasteiger partial charge on any atom is -0.382 e. The van der Waals surface area contributed by atoms with Crippen molar-refractivity contribution >= 4 is 5.82 Å². The molecule has 0 amide bonds. The highest BCUT2D eigenvalue weighted by Crippen LogP contribution is 2.11. The van der Waals surface area contributed by atoms with Gasteiger partial charge in [-0.25, -0.2) is 9.97 Å². The predicted octanol–water partition coefficient (Wildman–Crippen LogP) is -0.0121. The number of nitriles is 2. The average Bonchev–Trinajstić information content (AvgIpc) is 2.71. The Morgan fingerprint density at radius 1 is 1.25 bits per heavy atom. The van der Waals surface area contributed by atoms with E-state index in [1.807, 2.05) is 12.1 Å². The Balaban J connectivity index is 2.63. The lowest BCUT2D eigenvalue weighted by atomic mass is 10.3. The Morgan fingerprint density at radius 2 is 2.06 bits per heavy atom. The number of nitrogens with zero attached hydrogens (tertiary/aromatic N) is 6. The van der Waals surface area contributed by atoms with Gasteiger partial charge in [-0.2, -0.15) is 10.5 Å². The van der Waals surface area contributed by atoms with Crippen LogP contribution in [0.25, 0.3) is 5.82 Å². The molecule has 0 aliphatic carbocycles. The van der Waals surface area contributed by atoms with Crippen LogP contribution in [0.15, 0.2) is 18.7 Å². The van der Waals surface area contributed by atoms with Gasteiger partial charge in [-0.3, -0.25) is 9.55 Å². The molecule has 2 rings (SSSR count). The molecule has 0 fully saturated rings. The second-order valence-electron chi connectivity index (χ2n) is 2.84. The summed E-state index contributed by atoms with van der Waals surface area (Å²) in [6, 6.07) is 3.70. The van der Waals surface area contributed by atoms with E-state index >= 15 is 0 Å². The summed E-state index contributed by atoms with van der Waals surface area (Å²) < 4.78 is 1.36. The van der Waals surface area contributed by atoms with E-state index in [0.717, 1.165) is 0 Å². The van der Waals surface area contributed by atoms with Gasteiger partial charge in [-0.05, 0) is 0 Å². The molecule has 0 aromatic carbocycles. The van der Waals surface area contributed by atoms with Crippen LogP contribution in [-0.4, -0.2) is 19.5 Å². The third-order valence-corrected chi connectivity index (χ3v) is 1.87. The van der Waals surface area contributed by atoms with Crippen LogP contribution in [0.2, 0.25) is 0 Å². The van der Waals surface area contributed by atoms with Gasteiger partial charge in [0.25, 0.3) is 0 Å². The van der Waals surface area contributed by atoms with E-state index in [9.17, 15) is 0 Å². The number of hydrogen-bond donors (Lipinski definition) is 1. The average molecular weight is 211 g/mol.